The molecular formula is C37H30N2. The topological polar surface area (TPSA) is 9.86 Å². The fourth-order valence-electron chi connectivity index (χ4n) is 6.16. The molecule has 0 spiro atoms. The van der Waals surface area contributed by atoms with Crippen LogP contribution in [0.3, 0.4) is 0 Å². The first-order valence-electron chi connectivity index (χ1n) is 13.7. The molecule has 0 unspecified atom stereocenters. The fourth-order valence-corrected chi connectivity index (χ4v) is 6.16. The lowest BCUT2D eigenvalue weighted by Crippen LogP contribution is -1.98. The van der Waals surface area contributed by atoms with Gasteiger partial charge in [0.25, 0.3) is 0 Å². The van der Waals surface area contributed by atoms with Gasteiger partial charge in [-0.15, -0.1) is 0 Å². The van der Waals surface area contributed by atoms with E-state index in [1.54, 1.807) is 0 Å². The molecule has 0 fully saturated rings. The first-order chi connectivity index (χ1) is 19.3. The molecule has 2 heterocycles. The Morgan fingerprint density at radius 2 is 1.03 bits per heavy atom. The van der Waals surface area contributed by atoms with Crippen LogP contribution in [-0.4, -0.2) is 9.13 Å². The largest absolute Gasteiger partial charge is 0.310 e. The Labute approximate surface area is 229 Å². The molecule has 2 heteroatoms. The summed E-state index contributed by atoms with van der Waals surface area (Å²) in [5, 5.41) is 3.89. The quantitative estimate of drug-likeness (QED) is 0.222. The van der Waals surface area contributed by atoms with Gasteiger partial charge in [-0.3, -0.25) is 0 Å². The van der Waals surface area contributed by atoms with Crippen LogP contribution in [0.2, 0.25) is 0 Å². The monoisotopic (exact) mass is 502 g/mol. The number of aryl methyl sites for hydroxylation is 1. The molecule has 0 amide bonds. The number of benzene rings is 5. The number of nitrogens with zero attached hydrogens (tertiary/aromatic N) is 2. The van der Waals surface area contributed by atoms with Crippen LogP contribution in [-0.2, 0) is 6.42 Å². The molecule has 2 nitrogen and oxygen atoms in total. The van der Waals surface area contributed by atoms with E-state index in [0.717, 1.165) is 6.42 Å². The Bertz CT molecular complexity index is 1960. The van der Waals surface area contributed by atoms with Gasteiger partial charge in [-0.2, -0.15) is 0 Å². The number of aromatic nitrogens is 2. The zero-order valence-corrected chi connectivity index (χ0v) is 22.3. The van der Waals surface area contributed by atoms with E-state index in [1.165, 1.54) is 66.5 Å². The third-order valence-corrected chi connectivity index (χ3v) is 7.82. The molecule has 0 N–H and O–H groups in total. The summed E-state index contributed by atoms with van der Waals surface area (Å²) in [7, 11) is 0. The lowest BCUT2D eigenvalue weighted by atomic mass is 10.0. The Kier molecular flexibility index (Phi) is 5.67. The molecule has 2 aromatic heterocycles. The summed E-state index contributed by atoms with van der Waals surface area (Å²) in [6.07, 6.45) is 5.38. The summed E-state index contributed by atoms with van der Waals surface area (Å²) in [5.74, 6) is 0. The zero-order chi connectivity index (χ0) is 26.3. The van der Waals surface area contributed by atoms with Gasteiger partial charge in [-0.25, -0.2) is 0 Å². The third-order valence-electron chi connectivity index (χ3n) is 7.82. The van der Waals surface area contributed by atoms with Gasteiger partial charge in [0.1, 0.15) is 0 Å². The van der Waals surface area contributed by atoms with E-state index in [4.69, 9.17) is 0 Å². The van der Waals surface area contributed by atoms with Gasteiger partial charge >= 0.3 is 0 Å². The average Bonchev–Trinajstić information content (AvgIpc) is 3.50. The molecule has 0 saturated heterocycles. The Balaban J connectivity index is 1.41. The molecule has 0 aliphatic heterocycles. The maximum absolute atomic E-state index is 2.41. The van der Waals surface area contributed by atoms with Crippen LogP contribution in [0, 0.1) is 0 Å². The van der Waals surface area contributed by atoms with E-state index < -0.39 is 0 Å². The minimum atomic E-state index is 0.994. The molecular weight excluding hydrogens is 472 g/mol. The molecule has 0 aliphatic carbocycles. The molecule has 0 saturated carbocycles. The minimum Gasteiger partial charge on any atom is -0.310 e. The number of para-hydroxylation sites is 3. The first kappa shape index (κ1) is 23.3. The Morgan fingerprint density at radius 3 is 1.56 bits per heavy atom. The van der Waals surface area contributed by atoms with Gasteiger partial charge in [0.2, 0.25) is 0 Å². The van der Waals surface area contributed by atoms with E-state index in [2.05, 4.69) is 156 Å². The van der Waals surface area contributed by atoms with Crippen molar-refractivity contribution < 1.29 is 0 Å². The summed E-state index contributed by atoms with van der Waals surface area (Å²) in [5.41, 5.74) is 11.1. The maximum atomic E-state index is 2.41. The summed E-state index contributed by atoms with van der Waals surface area (Å²) in [6.45, 7) is 4.34. The summed E-state index contributed by atoms with van der Waals surface area (Å²) in [6, 6.07) is 44.0. The van der Waals surface area contributed by atoms with Crippen LogP contribution in [0.25, 0.3) is 61.3 Å². The first-order valence-corrected chi connectivity index (χ1v) is 13.7. The zero-order valence-electron chi connectivity index (χ0n) is 22.3. The molecule has 7 aromatic rings. The van der Waals surface area contributed by atoms with Crippen molar-refractivity contribution in [2.24, 2.45) is 0 Å². The van der Waals surface area contributed by atoms with E-state index >= 15 is 0 Å². The van der Waals surface area contributed by atoms with E-state index in [0.29, 0.717) is 0 Å². The van der Waals surface area contributed by atoms with Crippen molar-refractivity contribution in [3.8, 4) is 22.5 Å². The summed E-state index contributed by atoms with van der Waals surface area (Å²) in [4.78, 5) is 0. The standard InChI is InChI=1S/C37H30N2/c1-3-13-34-30(4-2)31-18-5-8-21-35(31)38(34)28-16-11-14-26(24-28)27-15-12-17-29(25-27)39-36-22-9-6-19-32(36)33-20-7-10-23-37(33)39/h3,5-25H,4H2,1-2H3/b13-3-. The van der Waals surface area contributed by atoms with Crippen molar-refractivity contribution >= 4 is 38.8 Å². The highest BCUT2D eigenvalue weighted by molar-refractivity contribution is 6.09. The molecule has 188 valence electrons. The molecule has 7 rings (SSSR count). The maximum Gasteiger partial charge on any atom is 0.0541 e. The SMILES string of the molecule is C/C=C\c1c(CC)c2ccccc2n1-c1cccc(-c2cccc(-n3c4ccccc4c4ccccc43)c2)c1. The number of hydrogen-bond acceptors (Lipinski definition) is 0. The third kappa shape index (κ3) is 3.72. The molecule has 0 radical (unpaired) electrons. The number of rotatable bonds is 5. The second kappa shape index (κ2) is 9.49. The summed E-state index contributed by atoms with van der Waals surface area (Å²) >= 11 is 0. The second-order valence-electron chi connectivity index (χ2n) is 10.0. The van der Waals surface area contributed by atoms with Crippen LogP contribution < -0.4 is 0 Å². The van der Waals surface area contributed by atoms with E-state index in [1.807, 2.05) is 0 Å². The predicted molar refractivity (Wildman–Crippen MR) is 167 cm³/mol. The molecule has 0 atom stereocenters. The van der Waals surface area contributed by atoms with Gasteiger partial charge in [0.15, 0.2) is 0 Å². The molecule has 5 aromatic carbocycles. The van der Waals surface area contributed by atoms with Gasteiger partial charge < -0.3 is 9.13 Å². The fraction of sp³-hybridized carbons (Fsp3) is 0.0811. The number of hydrogen-bond donors (Lipinski definition) is 0. The van der Waals surface area contributed by atoms with Crippen molar-refractivity contribution in [3.05, 3.63) is 139 Å². The van der Waals surface area contributed by atoms with Crippen molar-refractivity contribution in [1.82, 2.24) is 9.13 Å². The molecule has 0 aliphatic rings. The second-order valence-corrected chi connectivity index (χ2v) is 10.0. The van der Waals surface area contributed by atoms with E-state index in [9.17, 15) is 0 Å². The highest BCUT2D eigenvalue weighted by Crippen LogP contribution is 2.35. The predicted octanol–water partition coefficient (Wildman–Crippen LogP) is 9.99. The normalized spacial score (nSPS) is 11.8. The van der Waals surface area contributed by atoms with Crippen molar-refractivity contribution in [3.63, 3.8) is 0 Å². The molecule has 39 heavy (non-hydrogen) atoms. The molecule has 0 bridgehead atoms. The minimum absolute atomic E-state index is 0.994. The Morgan fingerprint density at radius 1 is 0.538 bits per heavy atom. The number of fused-ring (bicyclic) bond motifs is 4. The van der Waals surface area contributed by atoms with Crippen LogP contribution in [0.5, 0.6) is 0 Å². The average molecular weight is 503 g/mol. The number of allylic oxidation sites excluding steroid dienone is 1. The van der Waals surface area contributed by atoms with Crippen molar-refractivity contribution in [2.75, 3.05) is 0 Å². The Hall–Kier alpha value is -4.82. The van der Waals surface area contributed by atoms with Crippen molar-refractivity contribution in [2.45, 2.75) is 20.3 Å². The lowest BCUT2D eigenvalue weighted by Gasteiger charge is -2.13. The van der Waals surface area contributed by atoms with Gasteiger partial charge in [-0.1, -0.05) is 91.9 Å². The van der Waals surface area contributed by atoms with Crippen LogP contribution in [0.4, 0.5) is 0 Å². The highest BCUT2D eigenvalue weighted by Gasteiger charge is 2.16. The highest BCUT2D eigenvalue weighted by atomic mass is 15.0. The summed E-state index contributed by atoms with van der Waals surface area (Å²) < 4.78 is 4.80. The van der Waals surface area contributed by atoms with Crippen LogP contribution in [0.1, 0.15) is 25.1 Å². The van der Waals surface area contributed by atoms with Crippen LogP contribution >= 0.6 is 0 Å². The van der Waals surface area contributed by atoms with Gasteiger partial charge in [0, 0.05) is 33.2 Å². The van der Waals surface area contributed by atoms with Gasteiger partial charge in [-0.05, 0) is 78.6 Å². The smallest absolute Gasteiger partial charge is 0.0541 e. The van der Waals surface area contributed by atoms with E-state index in [-0.39, 0.29) is 0 Å². The van der Waals surface area contributed by atoms with Crippen molar-refractivity contribution in [1.29, 1.82) is 0 Å². The van der Waals surface area contributed by atoms with Crippen LogP contribution in [0.15, 0.2) is 127 Å². The van der Waals surface area contributed by atoms with Gasteiger partial charge in [0.05, 0.1) is 16.6 Å². The lowest BCUT2D eigenvalue weighted by molar-refractivity contribution is 1.06.